The van der Waals surface area contributed by atoms with E-state index in [4.69, 9.17) is 14.9 Å². The van der Waals surface area contributed by atoms with E-state index in [1.807, 2.05) is 48.7 Å². The number of phenols is 1. The quantitative estimate of drug-likeness (QED) is 0.127. The van der Waals surface area contributed by atoms with E-state index in [0.29, 0.717) is 17.5 Å². The van der Waals surface area contributed by atoms with Crippen LogP contribution in [0.25, 0.3) is 28.3 Å². The van der Waals surface area contributed by atoms with Gasteiger partial charge in [-0.2, -0.15) is 5.26 Å². The lowest BCUT2D eigenvalue weighted by Gasteiger charge is -2.33. The van der Waals surface area contributed by atoms with Gasteiger partial charge in [-0.15, -0.1) is 0 Å². The lowest BCUT2D eigenvalue weighted by molar-refractivity contribution is -0.124. The molecule has 1 aliphatic rings. The fraction of sp³-hybridized carbons (Fsp3) is 0.212. The molecule has 1 amide bonds. The number of pyridine rings is 2. The van der Waals surface area contributed by atoms with Crippen LogP contribution >= 0.6 is 0 Å². The van der Waals surface area contributed by atoms with E-state index in [1.165, 1.54) is 13.2 Å². The van der Waals surface area contributed by atoms with Crippen LogP contribution in [0.2, 0.25) is 0 Å². The Morgan fingerprint density at radius 1 is 1.05 bits per heavy atom. The van der Waals surface area contributed by atoms with Gasteiger partial charge in [0.2, 0.25) is 0 Å². The minimum absolute atomic E-state index is 0.0439. The molecule has 0 unspecified atom stereocenters. The number of anilines is 1. The zero-order chi connectivity index (χ0) is 30.2. The van der Waals surface area contributed by atoms with Crippen LogP contribution in [0.1, 0.15) is 29.7 Å². The molecule has 2 aromatic heterocycles. The van der Waals surface area contributed by atoms with Crippen molar-refractivity contribution < 1.29 is 19.8 Å². The summed E-state index contributed by atoms with van der Waals surface area (Å²) in [5.41, 5.74) is 7.32. The number of piperidine rings is 1. The normalized spacial score (nSPS) is 13.6. The standard InChI is InChI=1S/C33H32N6O4/c1-43-31-10-8-24(16-30(31)40)29-21-37-32(17-28(29)25-7-9-27(18-34)36-20-25)39-14-12-26(13-15-39)35-19-23-4-2-22(3-5-23)6-11-33(41)38-42/h2-11,16-17,20-21,26,35,40,42H,12-15,19H2,1H3,(H,38,41)/b11-6+. The van der Waals surface area contributed by atoms with Crippen molar-refractivity contribution >= 4 is 17.8 Å². The predicted octanol–water partition coefficient (Wildman–Crippen LogP) is 4.67. The molecule has 0 saturated carbocycles. The molecule has 0 bridgehead atoms. The van der Waals surface area contributed by atoms with Gasteiger partial charge in [-0.05, 0) is 71.5 Å². The van der Waals surface area contributed by atoms with Crippen LogP contribution in [-0.2, 0) is 11.3 Å². The van der Waals surface area contributed by atoms with Crippen molar-refractivity contribution in [1.29, 1.82) is 5.26 Å². The maximum absolute atomic E-state index is 11.2. The number of nitrogens with zero attached hydrogens (tertiary/aromatic N) is 4. The molecule has 218 valence electrons. The van der Waals surface area contributed by atoms with Crippen molar-refractivity contribution in [2.75, 3.05) is 25.1 Å². The van der Waals surface area contributed by atoms with E-state index >= 15 is 0 Å². The summed E-state index contributed by atoms with van der Waals surface area (Å²) in [5.74, 6) is 0.730. The van der Waals surface area contributed by atoms with Gasteiger partial charge in [-0.3, -0.25) is 10.0 Å². The molecule has 0 aliphatic carbocycles. The van der Waals surface area contributed by atoms with E-state index in [9.17, 15) is 15.2 Å². The molecule has 10 nitrogen and oxygen atoms in total. The number of nitrogens with one attached hydrogen (secondary N) is 2. The lowest BCUT2D eigenvalue weighted by Crippen LogP contribution is -2.42. The summed E-state index contributed by atoms with van der Waals surface area (Å²) in [5, 5.41) is 31.9. The SMILES string of the molecule is COc1ccc(-c2cnc(N3CCC(NCc4ccc(/C=C/C(=O)NO)cc4)CC3)cc2-c2ccc(C#N)nc2)cc1O. The van der Waals surface area contributed by atoms with Crippen LogP contribution in [-0.4, -0.2) is 52.4 Å². The van der Waals surface area contributed by atoms with Gasteiger partial charge in [0.25, 0.3) is 5.91 Å². The number of ether oxygens (including phenoxy) is 1. The molecule has 5 rings (SSSR count). The van der Waals surface area contributed by atoms with Crippen molar-refractivity contribution in [1.82, 2.24) is 20.8 Å². The number of hydroxylamine groups is 1. The Morgan fingerprint density at radius 2 is 1.81 bits per heavy atom. The Kier molecular flexibility index (Phi) is 9.26. The van der Waals surface area contributed by atoms with Crippen LogP contribution in [0.4, 0.5) is 5.82 Å². The van der Waals surface area contributed by atoms with Crippen molar-refractivity contribution in [2.24, 2.45) is 0 Å². The van der Waals surface area contributed by atoms with Gasteiger partial charge in [0.05, 0.1) is 7.11 Å². The molecule has 4 aromatic rings. The molecular weight excluding hydrogens is 544 g/mol. The number of aromatic hydroxyl groups is 1. The molecular formula is C33H32N6O4. The van der Waals surface area contributed by atoms with Crippen molar-refractivity contribution in [2.45, 2.75) is 25.4 Å². The van der Waals surface area contributed by atoms with Gasteiger partial charge < -0.3 is 20.1 Å². The Morgan fingerprint density at radius 3 is 2.47 bits per heavy atom. The Balaban J connectivity index is 1.27. The summed E-state index contributed by atoms with van der Waals surface area (Å²) in [7, 11) is 1.51. The number of amides is 1. The minimum atomic E-state index is -0.566. The van der Waals surface area contributed by atoms with E-state index < -0.39 is 5.91 Å². The smallest absolute Gasteiger partial charge is 0.267 e. The second-order valence-electron chi connectivity index (χ2n) is 10.2. The summed E-state index contributed by atoms with van der Waals surface area (Å²) >= 11 is 0. The number of methoxy groups -OCH3 is 1. The van der Waals surface area contributed by atoms with Crippen LogP contribution in [0.3, 0.4) is 0 Å². The van der Waals surface area contributed by atoms with Crippen LogP contribution < -0.4 is 20.4 Å². The largest absolute Gasteiger partial charge is 0.504 e. The molecule has 10 heteroatoms. The first kappa shape index (κ1) is 29.3. The molecule has 4 N–H and O–H groups in total. The third-order valence-electron chi connectivity index (χ3n) is 7.50. The van der Waals surface area contributed by atoms with Gasteiger partial charge in [0.1, 0.15) is 17.6 Å². The Bertz CT molecular complexity index is 1640. The highest BCUT2D eigenvalue weighted by Crippen LogP contribution is 2.38. The highest BCUT2D eigenvalue weighted by Gasteiger charge is 2.21. The number of carbonyl (C=O) groups excluding carboxylic acids is 1. The first-order chi connectivity index (χ1) is 21.0. The van der Waals surface area contributed by atoms with E-state index in [1.54, 1.807) is 36.0 Å². The first-order valence-corrected chi connectivity index (χ1v) is 13.9. The lowest BCUT2D eigenvalue weighted by atomic mass is 9.96. The average Bonchev–Trinajstić information content (AvgIpc) is 3.06. The minimum Gasteiger partial charge on any atom is -0.504 e. The Hall–Kier alpha value is -5.24. The molecule has 2 aromatic carbocycles. The van der Waals surface area contributed by atoms with Gasteiger partial charge in [-0.25, -0.2) is 15.4 Å². The summed E-state index contributed by atoms with van der Waals surface area (Å²) < 4.78 is 5.21. The number of hydrogen-bond donors (Lipinski definition) is 4. The van der Waals surface area contributed by atoms with Crippen molar-refractivity contribution in [3.63, 3.8) is 0 Å². The monoisotopic (exact) mass is 576 g/mol. The van der Waals surface area contributed by atoms with Crippen molar-refractivity contribution in [3.05, 3.63) is 96.0 Å². The number of benzene rings is 2. The maximum Gasteiger partial charge on any atom is 0.267 e. The van der Waals surface area contributed by atoms with Crippen LogP contribution in [0, 0.1) is 11.3 Å². The number of phenolic OH excluding ortho intramolecular Hbond substituents is 1. The number of hydrogen-bond acceptors (Lipinski definition) is 9. The van der Waals surface area contributed by atoms with Crippen LogP contribution in [0.15, 0.2) is 79.1 Å². The number of rotatable bonds is 9. The fourth-order valence-corrected chi connectivity index (χ4v) is 5.09. The zero-order valence-corrected chi connectivity index (χ0v) is 23.7. The number of carbonyl (C=O) groups is 1. The first-order valence-electron chi connectivity index (χ1n) is 13.9. The molecule has 0 atom stereocenters. The van der Waals surface area contributed by atoms with Crippen LogP contribution in [0.5, 0.6) is 11.5 Å². The Labute approximate surface area is 249 Å². The highest BCUT2D eigenvalue weighted by atomic mass is 16.5. The maximum atomic E-state index is 11.2. The van der Waals surface area contributed by atoms with Gasteiger partial charge in [0, 0.05) is 55.3 Å². The van der Waals surface area contributed by atoms with Gasteiger partial charge in [0.15, 0.2) is 11.5 Å². The fourth-order valence-electron chi connectivity index (χ4n) is 5.09. The highest BCUT2D eigenvalue weighted by molar-refractivity contribution is 5.90. The van der Waals surface area contributed by atoms with E-state index in [2.05, 4.69) is 21.3 Å². The second kappa shape index (κ2) is 13.6. The molecule has 1 saturated heterocycles. The molecule has 1 fully saturated rings. The van der Waals surface area contributed by atoms with E-state index in [-0.39, 0.29) is 5.75 Å². The van der Waals surface area contributed by atoms with Gasteiger partial charge in [-0.1, -0.05) is 30.3 Å². The van der Waals surface area contributed by atoms with Crippen molar-refractivity contribution in [3.8, 4) is 39.8 Å². The molecule has 0 spiro atoms. The van der Waals surface area contributed by atoms with Gasteiger partial charge >= 0.3 is 0 Å². The second-order valence-corrected chi connectivity index (χ2v) is 10.2. The summed E-state index contributed by atoms with van der Waals surface area (Å²) in [6.45, 7) is 2.42. The zero-order valence-electron chi connectivity index (χ0n) is 23.7. The average molecular weight is 577 g/mol. The summed E-state index contributed by atoms with van der Waals surface area (Å²) in [4.78, 5) is 22.5. The molecule has 43 heavy (non-hydrogen) atoms. The van der Waals surface area contributed by atoms with E-state index in [0.717, 1.165) is 71.7 Å². The predicted molar refractivity (Wildman–Crippen MR) is 163 cm³/mol. The summed E-state index contributed by atoms with van der Waals surface area (Å²) in [6, 6.07) is 21.2. The third-order valence-corrected chi connectivity index (χ3v) is 7.50. The third kappa shape index (κ3) is 7.16. The topological polar surface area (TPSA) is 144 Å². The summed E-state index contributed by atoms with van der Waals surface area (Å²) in [6.07, 6.45) is 8.35. The molecule has 0 radical (unpaired) electrons. The molecule has 1 aliphatic heterocycles. The number of nitriles is 1. The molecule has 3 heterocycles. The number of aromatic nitrogens is 2.